The highest BCUT2D eigenvalue weighted by molar-refractivity contribution is 8.13. The van der Waals surface area contributed by atoms with E-state index >= 15 is 0 Å². The van der Waals surface area contributed by atoms with Crippen molar-refractivity contribution in [2.45, 2.75) is 31.5 Å². The van der Waals surface area contributed by atoms with Crippen LogP contribution in [0.25, 0.3) is 0 Å². The largest absolute Gasteiger partial charge is 0.475 e. The van der Waals surface area contributed by atoms with E-state index in [0.717, 1.165) is 24.6 Å². The zero-order valence-electron chi connectivity index (χ0n) is 9.63. The number of rotatable bonds is 5. The summed E-state index contributed by atoms with van der Waals surface area (Å²) in [6.07, 6.45) is 1.72. The zero-order chi connectivity index (χ0) is 12.8. The predicted molar refractivity (Wildman–Crippen MR) is 62.2 cm³/mol. The lowest BCUT2D eigenvalue weighted by Gasteiger charge is -2.06. The van der Waals surface area contributed by atoms with Crippen molar-refractivity contribution >= 4 is 23.0 Å². The van der Waals surface area contributed by atoms with E-state index < -0.39 is 5.97 Å². The van der Waals surface area contributed by atoms with Gasteiger partial charge in [0.1, 0.15) is 0 Å². The molecule has 0 unspecified atom stereocenters. The summed E-state index contributed by atoms with van der Waals surface area (Å²) in [6.45, 7) is 2.49. The number of carbonyl (C=O) groups is 2. The minimum atomic E-state index is -1.14. The predicted octanol–water partition coefficient (Wildman–Crippen LogP) is 1.21. The van der Waals surface area contributed by atoms with Crippen molar-refractivity contribution in [1.29, 1.82) is 0 Å². The Labute approximate surface area is 103 Å². The third-order valence-corrected chi connectivity index (χ3v) is 2.91. The van der Waals surface area contributed by atoms with E-state index in [2.05, 4.69) is 15.5 Å². The molecular formula is C9H14N4O3S. The number of unbranched alkanes of at least 4 members (excludes halogenated alkanes) is 1. The average Bonchev–Trinajstić information content (AvgIpc) is 2.69. The molecule has 0 aliphatic heterocycles. The Hall–Kier alpha value is -1.57. The Morgan fingerprint density at radius 3 is 2.71 bits per heavy atom. The molecule has 0 aliphatic carbocycles. The molecular weight excluding hydrogens is 244 g/mol. The van der Waals surface area contributed by atoms with Crippen LogP contribution in [0.2, 0.25) is 0 Å². The molecule has 94 valence electrons. The van der Waals surface area contributed by atoms with Crippen LogP contribution >= 0.6 is 11.8 Å². The normalized spacial score (nSPS) is 10.2. The van der Waals surface area contributed by atoms with Gasteiger partial charge in [0.05, 0.1) is 0 Å². The third-order valence-electron chi connectivity index (χ3n) is 2.03. The first-order chi connectivity index (χ1) is 8.10. The SMILES string of the molecule is CCCCn1c(SC(=O)NC)nnc1C(=O)O. The fourth-order valence-corrected chi connectivity index (χ4v) is 1.81. The fraction of sp³-hybridized carbons (Fsp3) is 0.556. The maximum absolute atomic E-state index is 11.2. The first kappa shape index (κ1) is 13.5. The summed E-state index contributed by atoms with van der Waals surface area (Å²) in [5.74, 6) is -1.28. The molecule has 1 rings (SSSR count). The maximum atomic E-state index is 11.2. The van der Waals surface area contributed by atoms with Crippen molar-refractivity contribution < 1.29 is 14.7 Å². The van der Waals surface area contributed by atoms with Crippen LogP contribution in [0.15, 0.2) is 5.16 Å². The summed E-state index contributed by atoms with van der Waals surface area (Å²) in [6, 6.07) is 0. The second-order valence-corrected chi connectivity index (χ2v) is 4.20. The lowest BCUT2D eigenvalue weighted by Crippen LogP contribution is -2.14. The van der Waals surface area contributed by atoms with Gasteiger partial charge < -0.3 is 10.4 Å². The van der Waals surface area contributed by atoms with Gasteiger partial charge in [0.15, 0.2) is 0 Å². The molecule has 7 nitrogen and oxygen atoms in total. The molecule has 0 aliphatic rings. The van der Waals surface area contributed by atoms with Crippen LogP contribution < -0.4 is 5.32 Å². The van der Waals surface area contributed by atoms with Gasteiger partial charge in [-0.25, -0.2) is 4.79 Å². The number of nitrogens with zero attached hydrogens (tertiary/aromatic N) is 3. The number of carboxylic acid groups (broad SMARTS) is 1. The van der Waals surface area contributed by atoms with Crippen LogP contribution in [-0.2, 0) is 6.54 Å². The lowest BCUT2D eigenvalue weighted by atomic mass is 10.3. The van der Waals surface area contributed by atoms with Crippen LogP contribution in [0.4, 0.5) is 4.79 Å². The second-order valence-electron chi connectivity index (χ2n) is 3.26. The van der Waals surface area contributed by atoms with Crippen LogP contribution in [0, 0.1) is 0 Å². The van der Waals surface area contributed by atoms with Gasteiger partial charge in [-0.05, 0) is 6.42 Å². The van der Waals surface area contributed by atoms with Gasteiger partial charge in [0.2, 0.25) is 11.0 Å². The number of hydrogen-bond donors (Lipinski definition) is 2. The molecule has 2 N–H and O–H groups in total. The highest BCUT2D eigenvalue weighted by Crippen LogP contribution is 2.18. The Bertz CT molecular complexity index is 418. The molecule has 0 atom stereocenters. The van der Waals surface area contributed by atoms with Crippen LogP contribution in [0.5, 0.6) is 0 Å². The quantitative estimate of drug-likeness (QED) is 0.770. The summed E-state index contributed by atoms with van der Waals surface area (Å²) >= 11 is 0.835. The van der Waals surface area contributed by atoms with Gasteiger partial charge in [-0.3, -0.25) is 9.36 Å². The molecule has 1 heterocycles. The molecule has 8 heteroatoms. The Morgan fingerprint density at radius 1 is 1.47 bits per heavy atom. The molecule has 1 aromatic rings. The number of carboxylic acids is 1. The number of nitrogens with one attached hydrogen (secondary N) is 1. The first-order valence-electron chi connectivity index (χ1n) is 5.16. The molecule has 0 bridgehead atoms. The molecule has 1 aromatic heterocycles. The van der Waals surface area contributed by atoms with Crippen LogP contribution in [-0.4, -0.2) is 38.1 Å². The average molecular weight is 258 g/mol. The van der Waals surface area contributed by atoms with Gasteiger partial charge in [0, 0.05) is 25.4 Å². The zero-order valence-corrected chi connectivity index (χ0v) is 10.5. The fourth-order valence-electron chi connectivity index (χ4n) is 1.17. The van der Waals surface area contributed by atoms with E-state index in [4.69, 9.17) is 5.11 Å². The van der Waals surface area contributed by atoms with Gasteiger partial charge in [0.25, 0.3) is 5.24 Å². The van der Waals surface area contributed by atoms with E-state index in [9.17, 15) is 9.59 Å². The molecule has 0 spiro atoms. The molecule has 0 aromatic carbocycles. The number of thioether (sulfide) groups is 1. The maximum Gasteiger partial charge on any atom is 0.374 e. The van der Waals surface area contributed by atoms with Crippen molar-refractivity contribution in [2.24, 2.45) is 0 Å². The van der Waals surface area contributed by atoms with E-state index in [-0.39, 0.29) is 11.1 Å². The molecule has 0 fully saturated rings. The second kappa shape index (κ2) is 6.24. The van der Waals surface area contributed by atoms with E-state index in [1.54, 1.807) is 0 Å². The highest BCUT2D eigenvalue weighted by atomic mass is 32.2. The highest BCUT2D eigenvalue weighted by Gasteiger charge is 2.19. The lowest BCUT2D eigenvalue weighted by molar-refractivity contribution is 0.0676. The van der Waals surface area contributed by atoms with Crippen LogP contribution in [0.1, 0.15) is 30.4 Å². The molecule has 0 saturated heterocycles. The van der Waals surface area contributed by atoms with Crippen molar-refractivity contribution in [1.82, 2.24) is 20.1 Å². The van der Waals surface area contributed by atoms with Crippen molar-refractivity contribution in [3.63, 3.8) is 0 Å². The number of aromatic carboxylic acids is 1. The van der Waals surface area contributed by atoms with Gasteiger partial charge in [-0.15, -0.1) is 10.2 Å². The Morgan fingerprint density at radius 2 is 2.18 bits per heavy atom. The third kappa shape index (κ3) is 3.45. The van der Waals surface area contributed by atoms with Crippen molar-refractivity contribution in [2.75, 3.05) is 7.05 Å². The molecule has 1 amide bonds. The number of aromatic nitrogens is 3. The van der Waals surface area contributed by atoms with Gasteiger partial charge in [-0.2, -0.15) is 0 Å². The Balaban J connectivity index is 2.95. The van der Waals surface area contributed by atoms with E-state index in [1.807, 2.05) is 6.92 Å². The monoisotopic (exact) mass is 258 g/mol. The summed E-state index contributed by atoms with van der Waals surface area (Å²) in [5, 5.41) is 18.7. The number of hydrogen-bond acceptors (Lipinski definition) is 5. The molecule has 0 radical (unpaired) electrons. The smallest absolute Gasteiger partial charge is 0.374 e. The summed E-state index contributed by atoms with van der Waals surface area (Å²) < 4.78 is 1.45. The summed E-state index contributed by atoms with van der Waals surface area (Å²) in [4.78, 5) is 22.1. The van der Waals surface area contributed by atoms with Crippen LogP contribution in [0.3, 0.4) is 0 Å². The number of amides is 1. The number of carbonyl (C=O) groups excluding carboxylic acids is 1. The topological polar surface area (TPSA) is 97.1 Å². The Kier molecular flexibility index (Phi) is 4.95. The molecule has 17 heavy (non-hydrogen) atoms. The van der Waals surface area contributed by atoms with Crippen molar-refractivity contribution in [3.05, 3.63) is 5.82 Å². The summed E-state index contributed by atoms with van der Waals surface area (Å²) in [7, 11) is 1.50. The minimum absolute atomic E-state index is 0.134. The van der Waals surface area contributed by atoms with E-state index in [1.165, 1.54) is 11.6 Å². The van der Waals surface area contributed by atoms with Crippen molar-refractivity contribution in [3.8, 4) is 0 Å². The van der Waals surface area contributed by atoms with E-state index in [0.29, 0.717) is 11.7 Å². The van der Waals surface area contributed by atoms with Gasteiger partial charge >= 0.3 is 5.97 Å². The minimum Gasteiger partial charge on any atom is -0.475 e. The first-order valence-corrected chi connectivity index (χ1v) is 5.97. The standard InChI is InChI=1S/C9H14N4O3S/c1-3-4-5-13-6(7(14)15)11-12-8(13)17-9(16)10-2/h3-5H2,1-2H3,(H,10,16)(H,14,15). The summed E-state index contributed by atoms with van der Waals surface area (Å²) in [5.41, 5.74) is 0. The van der Waals surface area contributed by atoms with Gasteiger partial charge in [-0.1, -0.05) is 13.3 Å². The molecule has 0 saturated carbocycles.